The molecule has 0 aliphatic carbocycles. The number of rotatable bonds is 6. The molecule has 0 aliphatic heterocycles. The average Bonchev–Trinajstić information content (AvgIpc) is 3.02. The Balaban J connectivity index is 1.94. The van der Waals surface area contributed by atoms with Gasteiger partial charge in [0.05, 0.1) is 7.11 Å². The van der Waals surface area contributed by atoms with E-state index >= 15 is 0 Å². The van der Waals surface area contributed by atoms with Crippen molar-refractivity contribution in [3.63, 3.8) is 0 Å². The lowest BCUT2D eigenvalue weighted by atomic mass is 10.1. The Morgan fingerprint density at radius 1 is 1.14 bits per heavy atom. The van der Waals surface area contributed by atoms with Crippen LogP contribution in [0.3, 0.4) is 0 Å². The van der Waals surface area contributed by atoms with Crippen LogP contribution in [0.4, 0.5) is 10.2 Å². The lowest BCUT2D eigenvalue weighted by Crippen LogP contribution is -2.15. The van der Waals surface area contributed by atoms with Gasteiger partial charge in [-0.25, -0.2) is 4.68 Å². The lowest BCUT2D eigenvalue weighted by molar-refractivity contribution is 0.100. The number of nitrogens with two attached hydrogens (primary N) is 2. The Labute approximate surface area is 161 Å². The summed E-state index contributed by atoms with van der Waals surface area (Å²) in [5.41, 5.74) is 12.7. The first-order valence-electron chi connectivity index (χ1n) is 8.62. The minimum Gasteiger partial charge on any atom is -0.494 e. The van der Waals surface area contributed by atoms with Gasteiger partial charge in [0.15, 0.2) is 11.5 Å². The summed E-state index contributed by atoms with van der Waals surface area (Å²) in [6, 6.07) is 11.3. The van der Waals surface area contributed by atoms with Crippen LogP contribution in [0.15, 0.2) is 42.5 Å². The van der Waals surface area contributed by atoms with Gasteiger partial charge in [0, 0.05) is 11.6 Å². The molecule has 0 aliphatic rings. The summed E-state index contributed by atoms with van der Waals surface area (Å²) < 4.78 is 26.3. The maximum Gasteiger partial charge on any atom is 0.254 e. The van der Waals surface area contributed by atoms with Crippen molar-refractivity contribution in [1.29, 1.82) is 0 Å². The second-order valence-electron chi connectivity index (χ2n) is 6.41. The molecule has 0 unspecified atom stereocenters. The highest BCUT2D eigenvalue weighted by Gasteiger charge is 2.22. The lowest BCUT2D eigenvalue weighted by Gasteiger charge is -2.09. The topological polar surface area (TPSA) is 105 Å². The van der Waals surface area contributed by atoms with E-state index in [1.165, 1.54) is 19.2 Å². The SMILES string of the molecule is COc1cccc(Oc2ccc(-c3nn(C(C)C)c(N)c3C(N)=O)cc2)c1F. The van der Waals surface area contributed by atoms with Crippen molar-refractivity contribution < 1.29 is 18.7 Å². The third kappa shape index (κ3) is 3.48. The second kappa shape index (κ2) is 7.59. The smallest absolute Gasteiger partial charge is 0.254 e. The average molecular weight is 384 g/mol. The third-order valence-electron chi connectivity index (χ3n) is 4.19. The molecule has 0 spiro atoms. The number of halogens is 1. The highest BCUT2D eigenvalue weighted by molar-refractivity contribution is 6.03. The number of amides is 1. The first kappa shape index (κ1) is 19.2. The summed E-state index contributed by atoms with van der Waals surface area (Å²) in [6.45, 7) is 3.80. The van der Waals surface area contributed by atoms with Gasteiger partial charge in [0.25, 0.3) is 5.91 Å². The van der Waals surface area contributed by atoms with Gasteiger partial charge < -0.3 is 20.9 Å². The molecule has 7 nitrogen and oxygen atoms in total. The largest absolute Gasteiger partial charge is 0.494 e. The maximum absolute atomic E-state index is 14.2. The van der Waals surface area contributed by atoms with E-state index in [-0.39, 0.29) is 28.9 Å². The number of carbonyl (C=O) groups excluding carboxylic acids is 1. The fraction of sp³-hybridized carbons (Fsp3) is 0.200. The molecule has 28 heavy (non-hydrogen) atoms. The van der Waals surface area contributed by atoms with Crippen LogP contribution < -0.4 is 20.9 Å². The third-order valence-corrected chi connectivity index (χ3v) is 4.19. The minimum absolute atomic E-state index is 0.0366. The first-order chi connectivity index (χ1) is 13.3. The van der Waals surface area contributed by atoms with Crippen molar-refractivity contribution in [2.45, 2.75) is 19.9 Å². The molecule has 0 fully saturated rings. The zero-order valence-corrected chi connectivity index (χ0v) is 15.8. The number of anilines is 1. The van der Waals surface area contributed by atoms with Crippen LogP contribution in [0.2, 0.25) is 0 Å². The van der Waals surface area contributed by atoms with E-state index in [1.54, 1.807) is 35.0 Å². The predicted octanol–water partition coefficient (Wildman–Crippen LogP) is 3.75. The van der Waals surface area contributed by atoms with Gasteiger partial charge in [0.2, 0.25) is 5.82 Å². The van der Waals surface area contributed by atoms with E-state index in [9.17, 15) is 9.18 Å². The molecule has 0 saturated carbocycles. The monoisotopic (exact) mass is 384 g/mol. The van der Waals surface area contributed by atoms with Crippen LogP contribution in [-0.4, -0.2) is 22.8 Å². The molecule has 1 amide bonds. The Bertz CT molecular complexity index is 1010. The van der Waals surface area contributed by atoms with Gasteiger partial charge in [0.1, 0.15) is 22.8 Å². The number of nitrogen functional groups attached to an aromatic ring is 1. The van der Waals surface area contributed by atoms with Crippen molar-refractivity contribution in [3.8, 4) is 28.5 Å². The van der Waals surface area contributed by atoms with Gasteiger partial charge in [-0.05, 0) is 50.2 Å². The molecule has 1 heterocycles. The molecule has 3 rings (SSSR count). The molecule has 4 N–H and O–H groups in total. The standard InChI is InChI=1S/C20H21FN4O3/c1-11(2)25-19(22)16(20(23)26)18(24-25)12-7-9-13(10-8-12)28-15-6-4-5-14(27-3)17(15)21/h4-11H,22H2,1-3H3,(H2,23,26). The molecule has 146 valence electrons. The fourth-order valence-corrected chi connectivity index (χ4v) is 2.82. The van der Waals surface area contributed by atoms with Crippen molar-refractivity contribution in [1.82, 2.24) is 9.78 Å². The van der Waals surface area contributed by atoms with Crippen LogP contribution in [0, 0.1) is 5.82 Å². The van der Waals surface area contributed by atoms with Crippen LogP contribution in [-0.2, 0) is 0 Å². The van der Waals surface area contributed by atoms with Crippen LogP contribution >= 0.6 is 0 Å². The number of hydrogen-bond donors (Lipinski definition) is 2. The van der Waals surface area contributed by atoms with Crippen molar-refractivity contribution in [3.05, 3.63) is 53.8 Å². The molecular formula is C20H21FN4O3. The second-order valence-corrected chi connectivity index (χ2v) is 6.41. The summed E-state index contributed by atoms with van der Waals surface area (Å²) in [5, 5.41) is 4.42. The number of ether oxygens (including phenoxy) is 2. The Hall–Kier alpha value is -3.55. The highest BCUT2D eigenvalue weighted by atomic mass is 19.1. The number of hydrogen-bond acceptors (Lipinski definition) is 5. The summed E-state index contributed by atoms with van der Waals surface area (Å²) in [4.78, 5) is 11.9. The summed E-state index contributed by atoms with van der Waals surface area (Å²) in [7, 11) is 1.38. The van der Waals surface area contributed by atoms with E-state index in [0.717, 1.165) is 0 Å². The van der Waals surface area contributed by atoms with E-state index in [0.29, 0.717) is 17.0 Å². The fourth-order valence-electron chi connectivity index (χ4n) is 2.82. The maximum atomic E-state index is 14.2. The van der Waals surface area contributed by atoms with E-state index in [4.69, 9.17) is 20.9 Å². The zero-order valence-electron chi connectivity index (χ0n) is 15.8. The number of nitrogens with zero attached hydrogens (tertiary/aromatic N) is 2. The number of methoxy groups -OCH3 is 1. The minimum atomic E-state index is -0.654. The molecule has 3 aromatic rings. The molecule has 0 atom stereocenters. The van der Waals surface area contributed by atoms with Gasteiger partial charge in [-0.3, -0.25) is 4.79 Å². The number of aromatic nitrogens is 2. The van der Waals surface area contributed by atoms with E-state index < -0.39 is 11.7 Å². The molecule has 0 bridgehead atoms. The van der Waals surface area contributed by atoms with Gasteiger partial charge in [-0.15, -0.1) is 0 Å². The quantitative estimate of drug-likeness (QED) is 0.673. The number of benzene rings is 2. The molecular weight excluding hydrogens is 363 g/mol. The molecule has 0 radical (unpaired) electrons. The molecule has 2 aromatic carbocycles. The molecule has 8 heteroatoms. The Morgan fingerprint density at radius 3 is 2.36 bits per heavy atom. The Kier molecular flexibility index (Phi) is 5.21. The van der Waals surface area contributed by atoms with Crippen LogP contribution in [0.1, 0.15) is 30.2 Å². The summed E-state index contributed by atoms with van der Waals surface area (Å²) in [6.07, 6.45) is 0. The predicted molar refractivity (Wildman–Crippen MR) is 104 cm³/mol. The van der Waals surface area contributed by atoms with Crippen molar-refractivity contribution in [2.24, 2.45) is 5.73 Å². The van der Waals surface area contributed by atoms with Gasteiger partial charge >= 0.3 is 0 Å². The summed E-state index contributed by atoms with van der Waals surface area (Å²) in [5.74, 6) is -0.482. The molecule has 1 aromatic heterocycles. The van der Waals surface area contributed by atoms with E-state index in [1.807, 2.05) is 13.8 Å². The first-order valence-corrected chi connectivity index (χ1v) is 8.62. The zero-order chi connectivity index (χ0) is 20.4. The van der Waals surface area contributed by atoms with Crippen LogP contribution in [0.25, 0.3) is 11.3 Å². The number of primary amides is 1. The highest BCUT2D eigenvalue weighted by Crippen LogP contribution is 2.33. The number of carbonyl (C=O) groups is 1. The summed E-state index contributed by atoms with van der Waals surface area (Å²) >= 11 is 0. The van der Waals surface area contributed by atoms with Crippen molar-refractivity contribution in [2.75, 3.05) is 12.8 Å². The normalized spacial score (nSPS) is 10.9. The molecule has 0 saturated heterocycles. The van der Waals surface area contributed by atoms with Crippen LogP contribution in [0.5, 0.6) is 17.2 Å². The Morgan fingerprint density at radius 2 is 1.79 bits per heavy atom. The van der Waals surface area contributed by atoms with Gasteiger partial charge in [-0.2, -0.15) is 9.49 Å². The van der Waals surface area contributed by atoms with Crippen molar-refractivity contribution >= 4 is 11.7 Å². The van der Waals surface area contributed by atoms with Gasteiger partial charge in [-0.1, -0.05) is 6.07 Å². The van der Waals surface area contributed by atoms with E-state index in [2.05, 4.69) is 5.10 Å².